The summed E-state index contributed by atoms with van der Waals surface area (Å²) in [6.07, 6.45) is 0.356. The third kappa shape index (κ3) is 3.52. The van der Waals surface area contributed by atoms with Crippen molar-refractivity contribution in [2.75, 3.05) is 20.7 Å². The average Bonchev–Trinajstić information content (AvgIpc) is 2.46. The van der Waals surface area contributed by atoms with E-state index in [4.69, 9.17) is 10.5 Å². The van der Waals surface area contributed by atoms with Gasteiger partial charge in [-0.2, -0.15) is 0 Å². The van der Waals surface area contributed by atoms with Crippen LogP contribution in [0.4, 0.5) is 0 Å². The predicted octanol–water partition coefficient (Wildman–Crippen LogP) is 2.72. The van der Waals surface area contributed by atoms with Crippen molar-refractivity contribution < 1.29 is 9.53 Å². The number of nitrogens with zero attached hydrogens (tertiary/aromatic N) is 1. The van der Waals surface area contributed by atoms with Gasteiger partial charge in [0, 0.05) is 31.1 Å². The molecular weight excluding hydrogens is 264 g/mol. The lowest BCUT2D eigenvalue weighted by Crippen LogP contribution is -2.23. The smallest absolute Gasteiger partial charge is 0.225 e. The fourth-order valence-corrected chi connectivity index (χ4v) is 2.24. The van der Waals surface area contributed by atoms with Gasteiger partial charge in [0.25, 0.3) is 0 Å². The maximum absolute atomic E-state index is 11.6. The van der Waals surface area contributed by atoms with Gasteiger partial charge in [0.1, 0.15) is 5.75 Å². The van der Waals surface area contributed by atoms with Crippen LogP contribution in [0.5, 0.6) is 5.75 Å². The highest BCUT2D eigenvalue weighted by molar-refractivity contribution is 5.89. The monoisotopic (exact) mass is 286 g/mol. The molecule has 2 aromatic rings. The lowest BCUT2D eigenvalue weighted by atomic mass is 10.0. The van der Waals surface area contributed by atoms with Crippen molar-refractivity contribution in [3.63, 3.8) is 0 Å². The zero-order valence-corrected chi connectivity index (χ0v) is 12.8. The van der Waals surface area contributed by atoms with Crippen molar-refractivity contribution in [1.82, 2.24) is 4.90 Å². The number of fused-ring (bicyclic) bond motifs is 1. The number of carbonyl (C=O) groups is 1. The molecular formula is C17H22N2O2. The standard InChI is InChI=1S/C17H22N2O2/c1-12(18)14-9-8-13-6-4-5-7-15(13)17(14)21-11-10-16(20)19(2)3/h4-9,12H,10-11,18H2,1-3H3/t12-/m0/s1. The summed E-state index contributed by atoms with van der Waals surface area (Å²) in [6, 6.07) is 12.0. The van der Waals surface area contributed by atoms with E-state index >= 15 is 0 Å². The Hall–Kier alpha value is -2.07. The first kappa shape index (κ1) is 15.3. The summed E-state index contributed by atoms with van der Waals surface area (Å²) >= 11 is 0. The Labute approximate surface area is 125 Å². The van der Waals surface area contributed by atoms with Crippen LogP contribution in [0.2, 0.25) is 0 Å². The number of amides is 1. The Morgan fingerprint density at radius 2 is 1.95 bits per heavy atom. The van der Waals surface area contributed by atoms with Crippen molar-refractivity contribution in [3.05, 3.63) is 42.0 Å². The number of carbonyl (C=O) groups excluding carboxylic acids is 1. The summed E-state index contributed by atoms with van der Waals surface area (Å²) in [4.78, 5) is 13.2. The maximum Gasteiger partial charge on any atom is 0.225 e. The largest absolute Gasteiger partial charge is 0.492 e. The number of hydrogen-bond acceptors (Lipinski definition) is 3. The van der Waals surface area contributed by atoms with E-state index in [1.54, 1.807) is 19.0 Å². The highest BCUT2D eigenvalue weighted by Gasteiger charge is 2.13. The molecule has 2 aromatic carbocycles. The molecule has 1 atom stereocenters. The normalized spacial score (nSPS) is 12.2. The van der Waals surface area contributed by atoms with Gasteiger partial charge in [-0.1, -0.05) is 36.4 Å². The number of benzene rings is 2. The van der Waals surface area contributed by atoms with Gasteiger partial charge >= 0.3 is 0 Å². The number of rotatable bonds is 5. The Balaban J connectivity index is 2.27. The van der Waals surface area contributed by atoms with Gasteiger partial charge in [0.15, 0.2) is 0 Å². The Kier molecular flexibility index (Phi) is 4.81. The van der Waals surface area contributed by atoms with Crippen LogP contribution >= 0.6 is 0 Å². The molecule has 0 aliphatic carbocycles. The molecule has 0 fully saturated rings. The molecule has 0 bridgehead atoms. The molecule has 0 saturated carbocycles. The van der Waals surface area contributed by atoms with Crippen LogP contribution in [-0.2, 0) is 4.79 Å². The number of nitrogens with two attached hydrogens (primary N) is 1. The molecule has 1 amide bonds. The van der Waals surface area contributed by atoms with E-state index in [1.165, 1.54) is 0 Å². The lowest BCUT2D eigenvalue weighted by molar-refractivity contribution is -0.129. The highest BCUT2D eigenvalue weighted by atomic mass is 16.5. The van der Waals surface area contributed by atoms with E-state index in [9.17, 15) is 4.79 Å². The SMILES string of the molecule is C[C@H](N)c1ccc2ccccc2c1OCCC(=O)N(C)C. The van der Waals surface area contributed by atoms with Crippen LogP contribution in [0.25, 0.3) is 10.8 Å². The Bertz CT molecular complexity index is 636. The zero-order valence-electron chi connectivity index (χ0n) is 12.8. The first-order valence-corrected chi connectivity index (χ1v) is 7.11. The van der Waals surface area contributed by atoms with Crippen molar-refractivity contribution in [2.45, 2.75) is 19.4 Å². The Morgan fingerprint density at radius 1 is 1.24 bits per heavy atom. The van der Waals surface area contributed by atoms with Crippen LogP contribution < -0.4 is 10.5 Å². The number of hydrogen-bond donors (Lipinski definition) is 1. The molecule has 4 heteroatoms. The highest BCUT2D eigenvalue weighted by Crippen LogP contribution is 2.33. The minimum atomic E-state index is -0.117. The van der Waals surface area contributed by atoms with Crippen molar-refractivity contribution in [2.24, 2.45) is 5.73 Å². The first-order chi connectivity index (χ1) is 10.0. The zero-order chi connectivity index (χ0) is 15.4. The van der Waals surface area contributed by atoms with Crippen molar-refractivity contribution >= 4 is 16.7 Å². The van der Waals surface area contributed by atoms with E-state index < -0.39 is 0 Å². The molecule has 2 rings (SSSR count). The summed E-state index contributed by atoms with van der Waals surface area (Å²) in [5.41, 5.74) is 6.99. The van der Waals surface area contributed by atoms with E-state index in [2.05, 4.69) is 0 Å². The average molecular weight is 286 g/mol. The van der Waals surface area contributed by atoms with Gasteiger partial charge in [-0.3, -0.25) is 4.79 Å². The molecule has 0 unspecified atom stereocenters. The molecule has 0 aliphatic rings. The topological polar surface area (TPSA) is 55.6 Å². The van der Waals surface area contributed by atoms with Crippen LogP contribution in [-0.4, -0.2) is 31.5 Å². The van der Waals surface area contributed by atoms with E-state index in [0.717, 1.165) is 22.1 Å². The molecule has 4 nitrogen and oxygen atoms in total. The van der Waals surface area contributed by atoms with Crippen molar-refractivity contribution in [1.29, 1.82) is 0 Å². The van der Waals surface area contributed by atoms with Gasteiger partial charge in [-0.25, -0.2) is 0 Å². The molecule has 0 aliphatic heterocycles. The second-order valence-electron chi connectivity index (χ2n) is 5.38. The fourth-order valence-electron chi connectivity index (χ4n) is 2.24. The van der Waals surface area contributed by atoms with Crippen LogP contribution in [0.15, 0.2) is 36.4 Å². The summed E-state index contributed by atoms with van der Waals surface area (Å²) in [7, 11) is 3.49. The molecule has 21 heavy (non-hydrogen) atoms. The summed E-state index contributed by atoms with van der Waals surface area (Å²) in [5, 5.41) is 2.14. The maximum atomic E-state index is 11.6. The summed E-state index contributed by atoms with van der Waals surface area (Å²) < 4.78 is 5.91. The first-order valence-electron chi connectivity index (χ1n) is 7.11. The second kappa shape index (κ2) is 6.59. The van der Waals surface area contributed by atoms with Gasteiger partial charge in [0.2, 0.25) is 5.91 Å². The molecule has 0 saturated heterocycles. The fraction of sp³-hybridized carbons (Fsp3) is 0.353. The number of ether oxygens (including phenoxy) is 1. The minimum Gasteiger partial charge on any atom is -0.492 e. The molecule has 0 radical (unpaired) electrons. The van der Waals surface area contributed by atoms with E-state index in [-0.39, 0.29) is 11.9 Å². The van der Waals surface area contributed by atoms with Gasteiger partial charge in [-0.15, -0.1) is 0 Å². The quantitative estimate of drug-likeness (QED) is 0.919. The Morgan fingerprint density at radius 3 is 2.62 bits per heavy atom. The molecule has 2 N–H and O–H groups in total. The lowest BCUT2D eigenvalue weighted by Gasteiger charge is -2.17. The minimum absolute atomic E-state index is 0.0533. The van der Waals surface area contributed by atoms with Gasteiger partial charge < -0.3 is 15.4 Å². The van der Waals surface area contributed by atoms with E-state index in [0.29, 0.717) is 13.0 Å². The second-order valence-corrected chi connectivity index (χ2v) is 5.38. The van der Waals surface area contributed by atoms with Crippen LogP contribution in [0.3, 0.4) is 0 Å². The summed E-state index contributed by atoms with van der Waals surface area (Å²) in [5.74, 6) is 0.840. The van der Waals surface area contributed by atoms with Gasteiger partial charge in [0.05, 0.1) is 13.0 Å². The predicted molar refractivity (Wildman–Crippen MR) is 85.4 cm³/mol. The third-order valence-corrected chi connectivity index (χ3v) is 3.46. The summed E-state index contributed by atoms with van der Waals surface area (Å²) in [6.45, 7) is 2.28. The molecule has 0 spiro atoms. The third-order valence-electron chi connectivity index (χ3n) is 3.46. The molecule has 0 aromatic heterocycles. The van der Waals surface area contributed by atoms with Crippen molar-refractivity contribution in [3.8, 4) is 5.75 Å². The molecule has 112 valence electrons. The van der Waals surface area contributed by atoms with E-state index in [1.807, 2.05) is 43.3 Å². The van der Waals surface area contributed by atoms with Crippen LogP contribution in [0.1, 0.15) is 24.9 Å². The molecule has 0 heterocycles. The van der Waals surface area contributed by atoms with Crippen LogP contribution in [0, 0.1) is 0 Å². The van der Waals surface area contributed by atoms with Gasteiger partial charge in [-0.05, 0) is 12.3 Å².